The molecule has 1 amide bonds. The normalized spacial score (nSPS) is 13.2. The van der Waals surface area contributed by atoms with Gasteiger partial charge in [-0.1, -0.05) is 0 Å². The van der Waals surface area contributed by atoms with Gasteiger partial charge in [0.2, 0.25) is 13.6 Å². The van der Waals surface area contributed by atoms with E-state index in [9.17, 15) is 19.2 Å². The van der Waals surface area contributed by atoms with Crippen molar-refractivity contribution in [1.82, 2.24) is 4.90 Å². The number of Topliss-reactive ketones (excluding diaryl/α,β-unsaturated/α-hetero) is 1. The van der Waals surface area contributed by atoms with Gasteiger partial charge in [0.15, 0.2) is 17.3 Å². The van der Waals surface area contributed by atoms with E-state index in [4.69, 9.17) is 23.7 Å². The van der Waals surface area contributed by atoms with Gasteiger partial charge in [0.25, 0.3) is 0 Å². The summed E-state index contributed by atoms with van der Waals surface area (Å²) in [4.78, 5) is 49.1. The molecule has 1 unspecified atom stereocenters. The predicted molar refractivity (Wildman–Crippen MR) is 107 cm³/mol. The Morgan fingerprint density at radius 2 is 1.68 bits per heavy atom. The van der Waals surface area contributed by atoms with Gasteiger partial charge in [-0.25, -0.2) is 4.79 Å². The fourth-order valence-corrected chi connectivity index (χ4v) is 2.54. The Kier molecular flexibility index (Phi) is 7.84. The van der Waals surface area contributed by atoms with Crippen molar-refractivity contribution in [2.24, 2.45) is 0 Å². The second-order valence-electron chi connectivity index (χ2n) is 7.85. The Morgan fingerprint density at radius 1 is 1.03 bits per heavy atom. The molecule has 2 rings (SSSR count). The molecule has 1 aromatic rings. The van der Waals surface area contributed by atoms with Crippen LogP contribution >= 0.6 is 0 Å². The van der Waals surface area contributed by atoms with Gasteiger partial charge in [0, 0.05) is 12.6 Å². The fourth-order valence-electron chi connectivity index (χ4n) is 2.54. The molecule has 0 fully saturated rings. The zero-order chi connectivity index (χ0) is 23.2. The molecule has 1 aliphatic heterocycles. The number of carbonyl (C=O) groups excluding carboxylic acids is 4. The van der Waals surface area contributed by atoms with Crippen LogP contribution in [0.4, 0.5) is 4.79 Å². The molecular weight excluding hydrogens is 410 g/mol. The molecule has 0 N–H and O–H groups in total. The number of hydrogen-bond donors (Lipinski definition) is 0. The number of ether oxygens (including phenoxy) is 5. The number of ketones is 1. The largest absolute Gasteiger partial charge is 0.460 e. The van der Waals surface area contributed by atoms with Crippen LogP contribution in [0, 0.1) is 0 Å². The first-order valence-electron chi connectivity index (χ1n) is 9.69. The Balaban J connectivity index is 1.75. The Morgan fingerprint density at radius 3 is 2.35 bits per heavy atom. The summed E-state index contributed by atoms with van der Waals surface area (Å²) in [5.74, 6) is -0.568. The number of carbonyl (C=O) groups is 4. The van der Waals surface area contributed by atoms with Gasteiger partial charge in [0.05, 0.1) is 18.9 Å². The van der Waals surface area contributed by atoms with E-state index in [-0.39, 0.29) is 25.4 Å². The molecule has 0 bridgehead atoms. The number of hydrogen-bond acceptors (Lipinski definition) is 9. The van der Waals surface area contributed by atoms with Crippen LogP contribution in [0.3, 0.4) is 0 Å². The smallest absolute Gasteiger partial charge is 0.413 e. The van der Waals surface area contributed by atoms with E-state index in [2.05, 4.69) is 0 Å². The van der Waals surface area contributed by atoms with E-state index in [1.165, 1.54) is 7.05 Å². The summed E-state index contributed by atoms with van der Waals surface area (Å²) in [7, 11) is 1.39. The molecule has 0 saturated carbocycles. The highest BCUT2D eigenvalue weighted by atomic mass is 16.7. The minimum absolute atomic E-state index is 0.0885. The monoisotopic (exact) mass is 437 g/mol. The second kappa shape index (κ2) is 10.1. The maximum atomic E-state index is 12.6. The lowest BCUT2D eigenvalue weighted by Crippen LogP contribution is -2.41. The molecule has 0 radical (unpaired) electrons. The standard InChI is InChI=1S/C21H27NO9/c1-13(19(25)14-6-7-15-16(10-14)28-11-27-15)22(5)20(26)30-12-29-17(23)8-9-18(24)31-21(2,3)4/h6-7,10,13H,8-9,11-12H2,1-5H3. The molecular formula is C21H27NO9. The van der Waals surface area contributed by atoms with Crippen molar-refractivity contribution in [3.8, 4) is 11.5 Å². The highest BCUT2D eigenvalue weighted by Crippen LogP contribution is 2.33. The van der Waals surface area contributed by atoms with E-state index in [0.29, 0.717) is 17.1 Å². The minimum atomic E-state index is -0.846. The summed E-state index contributed by atoms with van der Waals surface area (Å²) < 4.78 is 25.2. The van der Waals surface area contributed by atoms with Crippen molar-refractivity contribution in [2.75, 3.05) is 20.6 Å². The van der Waals surface area contributed by atoms with Crippen molar-refractivity contribution in [1.29, 1.82) is 0 Å². The molecule has 0 aromatic heterocycles. The van der Waals surface area contributed by atoms with Gasteiger partial charge in [-0.3, -0.25) is 14.4 Å². The summed E-state index contributed by atoms with van der Waals surface area (Å²) in [5, 5.41) is 0. The van der Waals surface area contributed by atoms with Crippen molar-refractivity contribution in [2.45, 2.75) is 52.2 Å². The van der Waals surface area contributed by atoms with Crippen LogP contribution in [-0.4, -0.2) is 61.0 Å². The molecule has 31 heavy (non-hydrogen) atoms. The Hall–Kier alpha value is -3.30. The van der Waals surface area contributed by atoms with E-state index >= 15 is 0 Å². The third-order valence-corrected chi connectivity index (χ3v) is 4.26. The highest BCUT2D eigenvalue weighted by molar-refractivity contribution is 6.01. The summed E-state index contributed by atoms with van der Waals surface area (Å²) in [6.45, 7) is 6.15. The maximum Gasteiger partial charge on any atom is 0.413 e. The van der Waals surface area contributed by atoms with Gasteiger partial charge in [-0.05, 0) is 45.9 Å². The SMILES string of the molecule is CC(C(=O)c1ccc2c(c1)OCO2)N(C)C(=O)OCOC(=O)CCC(=O)OC(C)(C)C. The third kappa shape index (κ3) is 7.16. The van der Waals surface area contributed by atoms with E-state index in [1.54, 1.807) is 45.9 Å². The van der Waals surface area contributed by atoms with Crippen LogP contribution in [0.25, 0.3) is 0 Å². The lowest BCUT2D eigenvalue weighted by Gasteiger charge is -2.23. The second-order valence-corrected chi connectivity index (χ2v) is 7.85. The molecule has 10 nitrogen and oxygen atoms in total. The molecule has 1 atom stereocenters. The zero-order valence-corrected chi connectivity index (χ0v) is 18.3. The topological polar surface area (TPSA) is 118 Å². The quantitative estimate of drug-likeness (QED) is 0.343. The molecule has 1 heterocycles. The molecule has 1 aliphatic rings. The maximum absolute atomic E-state index is 12.6. The predicted octanol–water partition coefficient (Wildman–Crippen LogP) is 2.68. The van der Waals surface area contributed by atoms with Crippen molar-refractivity contribution < 1.29 is 42.9 Å². The van der Waals surface area contributed by atoms with Gasteiger partial charge in [-0.2, -0.15) is 0 Å². The number of benzene rings is 1. The van der Waals surface area contributed by atoms with E-state index in [1.807, 2.05) is 0 Å². The number of fused-ring (bicyclic) bond motifs is 1. The lowest BCUT2D eigenvalue weighted by atomic mass is 10.0. The van der Waals surface area contributed by atoms with E-state index < -0.39 is 36.5 Å². The first-order valence-corrected chi connectivity index (χ1v) is 9.69. The zero-order valence-electron chi connectivity index (χ0n) is 18.3. The van der Waals surface area contributed by atoms with Crippen molar-refractivity contribution in [3.05, 3.63) is 23.8 Å². The van der Waals surface area contributed by atoms with Gasteiger partial charge >= 0.3 is 18.0 Å². The third-order valence-electron chi connectivity index (χ3n) is 4.26. The Labute approximate surface area is 180 Å². The molecule has 0 saturated heterocycles. The van der Waals surface area contributed by atoms with Crippen molar-refractivity contribution >= 4 is 23.8 Å². The van der Waals surface area contributed by atoms with Crippen LogP contribution in [0.2, 0.25) is 0 Å². The number of nitrogens with zero attached hydrogens (tertiary/aromatic N) is 1. The molecule has 10 heteroatoms. The molecule has 0 spiro atoms. The van der Waals surface area contributed by atoms with Crippen LogP contribution in [0.5, 0.6) is 11.5 Å². The average molecular weight is 437 g/mol. The summed E-state index contributed by atoms with van der Waals surface area (Å²) in [5.41, 5.74) is -0.291. The summed E-state index contributed by atoms with van der Waals surface area (Å²) in [6.07, 6.45) is -1.20. The Bertz CT molecular complexity index is 844. The van der Waals surface area contributed by atoms with E-state index in [0.717, 1.165) is 4.90 Å². The average Bonchev–Trinajstić information content (AvgIpc) is 3.17. The number of amides is 1. The summed E-state index contributed by atoms with van der Waals surface area (Å²) in [6, 6.07) is 3.91. The molecule has 0 aliphatic carbocycles. The van der Waals surface area contributed by atoms with Crippen LogP contribution < -0.4 is 9.47 Å². The van der Waals surface area contributed by atoms with Crippen molar-refractivity contribution in [3.63, 3.8) is 0 Å². The van der Waals surface area contributed by atoms with Crippen LogP contribution in [0.15, 0.2) is 18.2 Å². The van der Waals surface area contributed by atoms with Gasteiger partial charge in [-0.15, -0.1) is 0 Å². The van der Waals surface area contributed by atoms with Gasteiger partial charge in [0.1, 0.15) is 5.60 Å². The van der Waals surface area contributed by atoms with Crippen LogP contribution in [0.1, 0.15) is 50.9 Å². The van der Waals surface area contributed by atoms with Crippen LogP contribution in [-0.2, 0) is 23.8 Å². The fraction of sp³-hybridized carbons (Fsp3) is 0.524. The first-order chi connectivity index (χ1) is 14.5. The highest BCUT2D eigenvalue weighted by Gasteiger charge is 2.26. The molecule has 1 aromatic carbocycles. The minimum Gasteiger partial charge on any atom is -0.460 e. The first kappa shape index (κ1) is 24.0. The number of rotatable bonds is 8. The van der Waals surface area contributed by atoms with Gasteiger partial charge < -0.3 is 28.6 Å². The number of esters is 2. The summed E-state index contributed by atoms with van der Waals surface area (Å²) >= 11 is 0. The number of likely N-dealkylation sites (N-methyl/N-ethyl adjacent to an activating group) is 1. The lowest BCUT2D eigenvalue weighted by molar-refractivity contribution is -0.160. The molecule has 170 valence electrons.